The van der Waals surface area contributed by atoms with Crippen LogP contribution in [0.25, 0.3) is 0 Å². The first-order chi connectivity index (χ1) is 9.17. The van der Waals surface area contributed by atoms with Crippen LogP contribution in [-0.4, -0.2) is 24.0 Å². The van der Waals surface area contributed by atoms with Crippen molar-refractivity contribution in [3.63, 3.8) is 0 Å². The van der Waals surface area contributed by atoms with Gasteiger partial charge in [-0.3, -0.25) is 4.90 Å². The molecular weight excluding hydrogens is 236 g/mol. The molecule has 3 nitrogen and oxygen atoms in total. The molecular formula is C16H28N2O. The second-order valence-electron chi connectivity index (χ2n) is 5.80. The molecule has 0 saturated heterocycles. The minimum Gasteiger partial charge on any atom is -0.465 e. The van der Waals surface area contributed by atoms with E-state index in [0.29, 0.717) is 18.0 Å². The van der Waals surface area contributed by atoms with Gasteiger partial charge >= 0.3 is 0 Å². The maximum atomic E-state index is 5.98. The Kier molecular flexibility index (Phi) is 5.06. The number of rotatable bonds is 5. The van der Waals surface area contributed by atoms with Gasteiger partial charge in [0.2, 0.25) is 0 Å². The van der Waals surface area contributed by atoms with Gasteiger partial charge in [-0.15, -0.1) is 0 Å². The molecule has 2 rings (SSSR count). The van der Waals surface area contributed by atoms with Crippen LogP contribution in [0.3, 0.4) is 0 Å². The zero-order chi connectivity index (χ0) is 13.8. The fraction of sp³-hybridized carbons (Fsp3) is 0.750. The van der Waals surface area contributed by atoms with Crippen LogP contribution in [0, 0.1) is 12.8 Å². The van der Waals surface area contributed by atoms with Crippen molar-refractivity contribution in [3.05, 3.63) is 23.7 Å². The van der Waals surface area contributed by atoms with Crippen LogP contribution < -0.4 is 5.73 Å². The first-order valence-electron chi connectivity index (χ1n) is 7.69. The van der Waals surface area contributed by atoms with Crippen molar-refractivity contribution in [2.24, 2.45) is 11.7 Å². The summed E-state index contributed by atoms with van der Waals surface area (Å²) in [6, 6.07) is 5.13. The number of furan rings is 1. The molecule has 3 heteroatoms. The normalized spacial score (nSPS) is 25.7. The van der Waals surface area contributed by atoms with Crippen LogP contribution in [0.2, 0.25) is 0 Å². The molecule has 1 aliphatic carbocycles. The molecule has 1 aliphatic rings. The molecule has 1 heterocycles. The van der Waals surface area contributed by atoms with Crippen molar-refractivity contribution < 1.29 is 4.42 Å². The van der Waals surface area contributed by atoms with Crippen LogP contribution in [0.15, 0.2) is 16.5 Å². The quantitative estimate of drug-likeness (QED) is 0.885. The van der Waals surface area contributed by atoms with Crippen molar-refractivity contribution >= 4 is 0 Å². The summed E-state index contributed by atoms with van der Waals surface area (Å²) in [6.07, 6.45) is 5.23. The summed E-state index contributed by atoms with van der Waals surface area (Å²) >= 11 is 0. The van der Waals surface area contributed by atoms with E-state index in [1.54, 1.807) is 0 Å². The van der Waals surface area contributed by atoms with Gasteiger partial charge in [0.05, 0.1) is 6.04 Å². The van der Waals surface area contributed by atoms with E-state index in [4.69, 9.17) is 10.2 Å². The molecule has 0 aliphatic heterocycles. The van der Waals surface area contributed by atoms with Crippen LogP contribution in [0.5, 0.6) is 0 Å². The Morgan fingerprint density at radius 1 is 1.37 bits per heavy atom. The molecule has 1 fully saturated rings. The van der Waals surface area contributed by atoms with E-state index in [1.165, 1.54) is 25.7 Å². The fourth-order valence-electron chi connectivity index (χ4n) is 3.54. The molecule has 1 aromatic heterocycles. The highest BCUT2D eigenvalue weighted by Gasteiger charge is 2.32. The van der Waals surface area contributed by atoms with Crippen LogP contribution in [0.4, 0.5) is 0 Å². The Morgan fingerprint density at radius 2 is 2.11 bits per heavy atom. The van der Waals surface area contributed by atoms with Gasteiger partial charge in [-0.1, -0.05) is 19.8 Å². The van der Waals surface area contributed by atoms with Gasteiger partial charge in [-0.05, 0) is 57.8 Å². The van der Waals surface area contributed by atoms with E-state index >= 15 is 0 Å². The lowest BCUT2D eigenvalue weighted by atomic mass is 9.83. The average Bonchev–Trinajstić information content (AvgIpc) is 2.86. The Morgan fingerprint density at radius 3 is 2.68 bits per heavy atom. The summed E-state index contributed by atoms with van der Waals surface area (Å²) in [5.74, 6) is 2.73. The predicted molar refractivity (Wildman–Crippen MR) is 79.0 cm³/mol. The number of hydrogen-bond acceptors (Lipinski definition) is 3. The SMILES string of the molecule is CCN(C(C)c1ccc(C)o1)C1CCCCC1CN. The molecule has 1 aromatic rings. The van der Waals surface area contributed by atoms with Gasteiger partial charge in [0, 0.05) is 6.04 Å². The van der Waals surface area contributed by atoms with E-state index in [-0.39, 0.29) is 0 Å². The maximum Gasteiger partial charge on any atom is 0.121 e. The molecule has 108 valence electrons. The summed E-state index contributed by atoms with van der Waals surface area (Å²) in [7, 11) is 0. The average molecular weight is 264 g/mol. The van der Waals surface area contributed by atoms with Gasteiger partial charge in [0.1, 0.15) is 11.5 Å². The lowest BCUT2D eigenvalue weighted by Crippen LogP contribution is -2.46. The van der Waals surface area contributed by atoms with E-state index < -0.39 is 0 Å². The third-order valence-corrected chi connectivity index (χ3v) is 4.63. The summed E-state index contributed by atoms with van der Waals surface area (Å²) in [5, 5.41) is 0. The molecule has 2 N–H and O–H groups in total. The van der Waals surface area contributed by atoms with Crippen molar-refractivity contribution in [3.8, 4) is 0 Å². The number of nitrogens with zero attached hydrogens (tertiary/aromatic N) is 1. The molecule has 1 saturated carbocycles. The highest BCUT2D eigenvalue weighted by Crippen LogP contribution is 2.33. The Labute approximate surface area is 117 Å². The smallest absolute Gasteiger partial charge is 0.121 e. The molecule has 3 unspecified atom stereocenters. The lowest BCUT2D eigenvalue weighted by Gasteiger charge is -2.41. The van der Waals surface area contributed by atoms with Gasteiger partial charge < -0.3 is 10.2 Å². The second kappa shape index (κ2) is 6.58. The van der Waals surface area contributed by atoms with Gasteiger partial charge in [0.15, 0.2) is 0 Å². The van der Waals surface area contributed by atoms with E-state index in [1.807, 2.05) is 6.92 Å². The van der Waals surface area contributed by atoms with Gasteiger partial charge in [0.25, 0.3) is 0 Å². The molecule has 0 spiro atoms. The highest BCUT2D eigenvalue weighted by molar-refractivity contribution is 5.09. The Hall–Kier alpha value is -0.800. The summed E-state index contributed by atoms with van der Waals surface area (Å²) in [5.41, 5.74) is 5.98. The maximum absolute atomic E-state index is 5.98. The third kappa shape index (κ3) is 3.21. The number of hydrogen-bond donors (Lipinski definition) is 1. The zero-order valence-corrected chi connectivity index (χ0v) is 12.6. The Bertz CT molecular complexity index is 388. The minimum absolute atomic E-state index is 0.343. The second-order valence-corrected chi connectivity index (χ2v) is 5.80. The molecule has 19 heavy (non-hydrogen) atoms. The first kappa shape index (κ1) is 14.6. The van der Waals surface area contributed by atoms with E-state index in [2.05, 4.69) is 30.9 Å². The van der Waals surface area contributed by atoms with Crippen LogP contribution >= 0.6 is 0 Å². The molecule has 0 radical (unpaired) electrons. The van der Waals surface area contributed by atoms with Gasteiger partial charge in [-0.25, -0.2) is 0 Å². The molecule has 0 aromatic carbocycles. The fourth-order valence-corrected chi connectivity index (χ4v) is 3.54. The van der Waals surface area contributed by atoms with Crippen LogP contribution in [0.1, 0.15) is 57.1 Å². The zero-order valence-electron chi connectivity index (χ0n) is 12.6. The summed E-state index contributed by atoms with van der Waals surface area (Å²) in [6.45, 7) is 8.38. The Balaban J connectivity index is 2.13. The molecule has 3 atom stereocenters. The van der Waals surface area contributed by atoms with E-state index in [0.717, 1.165) is 24.6 Å². The van der Waals surface area contributed by atoms with Crippen molar-refractivity contribution in [1.82, 2.24) is 4.90 Å². The van der Waals surface area contributed by atoms with E-state index in [9.17, 15) is 0 Å². The predicted octanol–water partition coefficient (Wildman–Crippen LogP) is 3.49. The van der Waals surface area contributed by atoms with Crippen molar-refractivity contribution in [2.45, 2.75) is 58.5 Å². The molecule has 0 bridgehead atoms. The number of aryl methyl sites for hydroxylation is 1. The summed E-state index contributed by atoms with van der Waals surface area (Å²) in [4.78, 5) is 2.58. The largest absolute Gasteiger partial charge is 0.465 e. The summed E-state index contributed by atoms with van der Waals surface area (Å²) < 4.78 is 5.81. The highest BCUT2D eigenvalue weighted by atomic mass is 16.3. The van der Waals surface area contributed by atoms with Crippen LogP contribution in [-0.2, 0) is 0 Å². The standard InChI is InChI=1S/C16H28N2O/c1-4-18(13(3)16-10-9-12(2)19-16)15-8-6-5-7-14(15)11-17/h9-10,13-15H,4-8,11,17H2,1-3H3. The third-order valence-electron chi connectivity index (χ3n) is 4.63. The van der Waals surface area contributed by atoms with Gasteiger partial charge in [-0.2, -0.15) is 0 Å². The number of nitrogens with two attached hydrogens (primary N) is 1. The lowest BCUT2D eigenvalue weighted by molar-refractivity contribution is 0.0677. The minimum atomic E-state index is 0.343. The topological polar surface area (TPSA) is 42.4 Å². The van der Waals surface area contributed by atoms with Crippen molar-refractivity contribution in [2.75, 3.05) is 13.1 Å². The molecule has 0 amide bonds. The van der Waals surface area contributed by atoms with Crippen molar-refractivity contribution in [1.29, 1.82) is 0 Å². The monoisotopic (exact) mass is 264 g/mol. The first-order valence-corrected chi connectivity index (χ1v) is 7.69.